The lowest BCUT2D eigenvalue weighted by Gasteiger charge is -2.43. The van der Waals surface area contributed by atoms with E-state index in [1.54, 1.807) is 93.7 Å². The quantitative estimate of drug-likeness (QED) is 0.0543. The molecule has 23 heteroatoms. The van der Waals surface area contributed by atoms with Crippen LogP contribution in [-0.2, 0) is 44.5 Å². The van der Waals surface area contributed by atoms with Gasteiger partial charge in [-0.3, -0.25) is 19.4 Å². The maximum Gasteiger partial charge on any atom is 0.416 e. The van der Waals surface area contributed by atoms with Crippen LogP contribution in [0.25, 0.3) is 0 Å². The zero-order valence-corrected chi connectivity index (χ0v) is 48.3. The minimum Gasteiger partial charge on any atom is -0.463 e. The van der Waals surface area contributed by atoms with Crippen molar-refractivity contribution < 1.29 is 64.6 Å². The Morgan fingerprint density at radius 2 is 0.898 bits per heavy atom. The standard InChI is InChI=1S/C65H59F6N9O8/c1-6-87-60(83)54-40(3)79(52-12-8-10-50(34-52)64(66,67)68)62(85)77(56(54)46-22-14-42(36-72)15-23-46)38-44-18-26-48(27-19-44)58(81)74-30-32-76(5)33-31-75-59(82)49-28-20-45(21-29-49)39-78-57(47-24-16-43(37-73)17-25-47)55(61(84)88-7-2)41(4)80(63(78)86)53-13-9-11-51(35-53)65(69,70)71/h8-29,34-35,56-57H,6-7,30-33,38-39H2,1-5H3,(H,74,81)(H,75,82). The van der Waals surface area contributed by atoms with Crippen LogP contribution in [0.15, 0.2) is 168 Å². The number of hydrogen-bond acceptors (Lipinski definition) is 11. The maximum atomic E-state index is 14.7. The summed E-state index contributed by atoms with van der Waals surface area (Å²) in [5.41, 5.74) is 0.771. The van der Waals surface area contributed by atoms with Crippen LogP contribution in [0, 0.1) is 22.7 Å². The van der Waals surface area contributed by atoms with Crippen molar-refractivity contribution in [1.82, 2.24) is 25.3 Å². The van der Waals surface area contributed by atoms with E-state index in [-0.39, 0.29) is 84.4 Å². The normalized spacial score (nSPS) is 15.5. The highest BCUT2D eigenvalue weighted by Gasteiger charge is 2.46. The first kappa shape index (κ1) is 63.8. The van der Waals surface area contributed by atoms with E-state index in [1.165, 1.54) is 60.0 Å². The van der Waals surface area contributed by atoms with Crippen LogP contribution in [0.3, 0.4) is 0 Å². The van der Waals surface area contributed by atoms with E-state index in [4.69, 9.17) is 9.47 Å². The van der Waals surface area contributed by atoms with Gasteiger partial charge in [0.1, 0.15) is 0 Å². The van der Waals surface area contributed by atoms with Gasteiger partial charge in [-0.25, -0.2) is 19.2 Å². The van der Waals surface area contributed by atoms with Crippen LogP contribution in [-0.4, -0.2) is 97.0 Å². The molecule has 0 spiro atoms. The molecule has 2 atom stereocenters. The summed E-state index contributed by atoms with van der Waals surface area (Å²) in [6, 6.07) is 33.7. The summed E-state index contributed by atoms with van der Waals surface area (Å²) >= 11 is 0. The molecule has 8 rings (SSSR count). The second-order valence-electron chi connectivity index (χ2n) is 20.5. The van der Waals surface area contributed by atoms with E-state index < -0.39 is 71.4 Å². The summed E-state index contributed by atoms with van der Waals surface area (Å²) < 4.78 is 94.6. The van der Waals surface area contributed by atoms with Crippen molar-refractivity contribution in [2.75, 3.05) is 56.2 Å². The maximum absolute atomic E-state index is 14.7. The van der Waals surface area contributed by atoms with Crippen LogP contribution in [0.1, 0.15) is 105 Å². The minimum absolute atomic E-state index is 0.0133. The first-order valence-corrected chi connectivity index (χ1v) is 27.7. The third-order valence-corrected chi connectivity index (χ3v) is 14.8. The molecule has 0 radical (unpaired) electrons. The molecular weight excluding hydrogens is 1150 g/mol. The SMILES string of the molecule is CCOC(=O)C1=C(C)N(c2cccc(C(F)(F)F)c2)C(=O)N(Cc2ccc(C(=O)NCCN(C)CCNC(=O)c3ccc(CN4C(=O)N(c5cccc(C(F)(F)F)c5)C(C)=C(C(=O)OCC)C4c4ccc(C#N)cc4)cc3)cc2)C1c1ccc(C#N)cc1. The monoisotopic (exact) mass is 1210 g/mol. The Bertz CT molecular complexity index is 3520. The summed E-state index contributed by atoms with van der Waals surface area (Å²) in [6.45, 7) is 6.78. The number of nitrogens with one attached hydrogen (secondary N) is 2. The molecule has 0 saturated heterocycles. The van der Waals surface area contributed by atoms with Crippen LogP contribution < -0.4 is 20.4 Å². The van der Waals surface area contributed by atoms with Gasteiger partial charge in [-0.05, 0) is 142 Å². The fraction of sp³-hybridized carbons (Fsp3) is 0.262. The number of benzene rings is 6. The van der Waals surface area contributed by atoms with E-state index in [0.29, 0.717) is 46.5 Å². The largest absolute Gasteiger partial charge is 0.463 e. The molecular formula is C65H59F6N9O8. The minimum atomic E-state index is -4.74. The van der Waals surface area contributed by atoms with Gasteiger partial charge in [0.15, 0.2) is 0 Å². The summed E-state index contributed by atoms with van der Waals surface area (Å²) in [6.07, 6.45) is -9.48. The second kappa shape index (κ2) is 27.4. The number of anilines is 2. The highest BCUT2D eigenvalue weighted by atomic mass is 19.4. The predicted molar refractivity (Wildman–Crippen MR) is 311 cm³/mol. The molecule has 6 aromatic rings. The zero-order chi connectivity index (χ0) is 63.6. The Kier molecular flexibility index (Phi) is 19.9. The highest BCUT2D eigenvalue weighted by Crippen LogP contribution is 2.44. The molecule has 2 N–H and O–H groups in total. The number of ether oxygens (including phenoxy) is 2. The predicted octanol–water partition coefficient (Wildman–Crippen LogP) is 11.6. The Hall–Kier alpha value is -10.3. The smallest absolute Gasteiger partial charge is 0.416 e. The van der Waals surface area contributed by atoms with E-state index in [9.17, 15) is 65.6 Å². The number of nitrogens with zero attached hydrogens (tertiary/aromatic N) is 7. The molecule has 2 aliphatic heterocycles. The molecule has 17 nitrogen and oxygen atoms in total. The molecule has 0 aromatic heterocycles. The number of likely N-dealkylation sites (N-methyl/N-ethyl adjacent to an activating group) is 1. The Balaban J connectivity index is 0.897. The lowest BCUT2D eigenvalue weighted by atomic mass is 9.91. The van der Waals surface area contributed by atoms with Gasteiger partial charge in [-0.15, -0.1) is 0 Å². The van der Waals surface area contributed by atoms with E-state index in [0.717, 1.165) is 46.2 Å². The molecule has 454 valence electrons. The molecule has 2 heterocycles. The summed E-state index contributed by atoms with van der Waals surface area (Å²) in [7, 11) is 1.79. The van der Waals surface area contributed by atoms with Crippen molar-refractivity contribution in [3.05, 3.63) is 224 Å². The Morgan fingerprint density at radius 3 is 1.22 bits per heavy atom. The third kappa shape index (κ3) is 14.3. The molecule has 2 unspecified atom stereocenters. The molecule has 0 fully saturated rings. The molecule has 2 aliphatic rings. The van der Waals surface area contributed by atoms with Crippen molar-refractivity contribution in [3.8, 4) is 12.1 Å². The molecule has 88 heavy (non-hydrogen) atoms. The second-order valence-corrected chi connectivity index (χ2v) is 20.5. The number of allylic oxidation sites excluding steroid dienone is 2. The number of halogens is 6. The zero-order valence-electron chi connectivity index (χ0n) is 48.3. The van der Waals surface area contributed by atoms with Crippen molar-refractivity contribution in [2.45, 2.75) is 65.2 Å². The van der Waals surface area contributed by atoms with Gasteiger partial charge in [-0.1, -0.05) is 60.7 Å². The molecule has 6 amide bonds. The van der Waals surface area contributed by atoms with Crippen molar-refractivity contribution in [1.29, 1.82) is 10.5 Å². The molecule has 6 aromatic carbocycles. The van der Waals surface area contributed by atoms with E-state index >= 15 is 0 Å². The van der Waals surface area contributed by atoms with Crippen molar-refractivity contribution >= 4 is 47.2 Å². The van der Waals surface area contributed by atoms with E-state index in [1.807, 2.05) is 17.0 Å². The number of nitriles is 2. The van der Waals surface area contributed by atoms with Gasteiger partial charge in [0.2, 0.25) is 0 Å². The number of alkyl halides is 6. The average Bonchev–Trinajstić information content (AvgIpc) is 0.797. The fourth-order valence-corrected chi connectivity index (χ4v) is 10.3. The number of amides is 6. The van der Waals surface area contributed by atoms with Crippen LogP contribution in [0.5, 0.6) is 0 Å². The first-order chi connectivity index (χ1) is 42.0. The summed E-state index contributed by atoms with van der Waals surface area (Å²) in [5, 5.41) is 24.7. The number of carbonyl (C=O) groups is 6. The van der Waals surface area contributed by atoms with Crippen molar-refractivity contribution in [3.63, 3.8) is 0 Å². The van der Waals surface area contributed by atoms with Crippen LogP contribution in [0.4, 0.5) is 47.3 Å². The lowest BCUT2D eigenvalue weighted by molar-refractivity contribution is -0.140. The van der Waals surface area contributed by atoms with Crippen LogP contribution in [0.2, 0.25) is 0 Å². The molecule has 0 bridgehead atoms. The molecule has 0 aliphatic carbocycles. The lowest BCUT2D eigenvalue weighted by Crippen LogP contribution is -2.50. The van der Waals surface area contributed by atoms with Gasteiger partial charge in [0.05, 0.1) is 82.2 Å². The Labute approximate surface area is 503 Å². The first-order valence-electron chi connectivity index (χ1n) is 27.7. The number of rotatable bonds is 20. The van der Waals surface area contributed by atoms with Crippen LogP contribution >= 0.6 is 0 Å². The van der Waals surface area contributed by atoms with E-state index in [2.05, 4.69) is 10.6 Å². The number of urea groups is 2. The van der Waals surface area contributed by atoms with Gasteiger partial charge in [0.25, 0.3) is 11.8 Å². The average molecular weight is 1210 g/mol. The summed E-state index contributed by atoms with van der Waals surface area (Å²) in [5.74, 6) is -2.46. The fourth-order valence-electron chi connectivity index (χ4n) is 10.3. The third-order valence-electron chi connectivity index (χ3n) is 14.8. The van der Waals surface area contributed by atoms with Gasteiger partial charge in [-0.2, -0.15) is 36.9 Å². The number of esters is 2. The van der Waals surface area contributed by atoms with Gasteiger partial charge in [0, 0.05) is 61.8 Å². The number of hydrogen-bond donors (Lipinski definition) is 2. The summed E-state index contributed by atoms with van der Waals surface area (Å²) in [4.78, 5) is 90.4. The van der Waals surface area contributed by atoms with Gasteiger partial charge >= 0.3 is 36.4 Å². The Morgan fingerprint density at radius 1 is 0.545 bits per heavy atom. The number of carbonyl (C=O) groups excluding carboxylic acids is 6. The van der Waals surface area contributed by atoms with Crippen molar-refractivity contribution in [2.24, 2.45) is 0 Å². The topological polar surface area (TPSA) is 209 Å². The van der Waals surface area contributed by atoms with Gasteiger partial charge < -0.3 is 34.8 Å². The molecule has 0 saturated carbocycles. The highest BCUT2D eigenvalue weighted by molar-refractivity contribution is 6.05.